The van der Waals surface area contributed by atoms with Crippen molar-refractivity contribution >= 4 is 34.8 Å². The molecule has 1 N–H and O–H groups in total. The Morgan fingerprint density at radius 2 is 1.71 bits per heavy atom. The Bertz CT molecular complexity index is 1200. The monoisotopic (exact) mass is 478 g/mol. The average molecular weight is 479 g/mol. The van der Waals surface area contributed by atoms with E-state index in [1.54, 1.807) is 30.2 Å². The number of amides is 2. The van der Waals surface area contributed by atoms with Gasteiger partial charge < -0.3 is 19.7 Å². The number of piperidine rings is 1. The number of benzene rings is 3. The van der Waals surface area contributed by atoms with Crippen molar-refractivity contribution < 1.29 is 19.1 Å². The van der Waals surface area contributed by atoms with Gasteiger partial charge in [0.2, 0.25) is 11.8 Å². The molecule has 0 spiro atoms. The predicted octanol–water partition coefficient (Wildman–Crippen LogP) is 5.79. The summed E-state index contributed by atoms with van der Waals surface area (Å²) in [4.78, 5) is 28.7. The Kier molecular flexibility index (Phi) is 7.08. The number of aryl methyl sites for hydroxylation is 1. The summed E-state index contributed by atoms with van der Waals surface area (Å²) < 4.78 is 11.0. The smallest absolute Gasteiger partial charge is 0.230 e. The molecule has 1 aliphatic rings. The van der Waals surface area contributed by atoms with Gasteiger partial charge in [0.25, 0.3) is 0 Å². The fourth-order valence-electron chi connectivity index (χ4n) is 4.45. The SMILES string of the molecule is COc1ccc(Cl)cc1NC(=O)C1CCC(=O)N(c2ccc(C)cc2)C1c1ccccc1OC. The van der Waals surface area contributed by atoms with E-state index >= 15 is 0 Å². The first-order valence-electron chi connectivity index (χ1n) is 11.1. The first-order chi connectivity index (χ1) is 16.4. The fraction of sp³-hybridized carbons (Fsp3) is 0.259. The average Bonchev–Trinajstić information content (AvgIpc) is 2.84. The molecule has 2 amide bonds. The van der Waals surface area contributed by atoms with Crippen LogP contribution in [0.1, 0.15) is 30.0 Å². The maximum atomic E-state index is 13.7. The van der Waals surface area contributed by atoms with E-state index in [2.05, 4.69) is 5.32 Å². The van der Waals surface area contributed by atoms with Gasteiger partial charge in [-0.25, -0.2) is 0 Å². The highest BCUT2D eigenvalue weighted by Crippen LogP contribution is 2.44. The number of anilines is 2. The van der Waals surface area contributed by atoms with Gasteiger partial charge in [-0.05, 0) is 49.7 Å². The van der Waals surface area contributed by atoms with Gasteiger partial charge in [-0.1, -0.05) is 47.5 Å². The van der Waals surface area contributed by atoms with Crippen LogP contribution in [0, 0.1) is 12.8 Å². The molecule has 1 fully saturated rings. The lowest BCUT2D eigenvalue weighted by Gasteiger charge is -2.41. The van der Waals surface area contributed by atoms with Gasteiger partial charge >= 0.3 is 0 Å². The molecule has 1 heterocycles. The summed E-state index contributed by atoms with van der Waals surface area (Å²) in [5.41, 5.74) is 3.09. The van der Waals surface area contributed by atoms with Crippen LogP contribution in [0.25, 0.3) is 0 Å². The first-order valence-corrected chi connectivity index (χ1v) is 11.5. The topological polar surface area (TPSA) is 67.9 Å². The summed E-state index contributed by atoms with van der Waals surface area (Å²) in [5.74, 6) is 0.343. The van der Waals surface area contributed by atoms with Crippen LogP contribution in [-0.4, -0.2) is 26.0 Å². The van der Waals surface area contributed by atoms with Crippen LogP contribution < -0.4 is 19.7 Å². The first kappa shape index (κ1) is 23.6. The maximum absolute atomic E-state index is 13.7. The standard InChI is InChI=1S/C27H27ClN2O4/c1-17-8-11-19(12-9-17)30-25(31)15-13-21(26(30)20-6-4-5-7-23(20)33-2)27(32)29-22-16-18(28)10-14-24(22)34-3/h4-12,14,16,21,26H,13,15H2,1-3H3,(H,29,32). The van der Waals surface area contributed by atoms with Crippen molar-refractivity contribution in [3.8, 4) is 11.5 Å². The number of carbonyl (C=O) groups excluding carboxylic acids is 2. The largest absolute Gasteiger partial charge is 0.496 e. The minimum Gasteiger partial charge on any atom is -0.496 e. The van der Waals surface area contributed by atoms with Crippen molar-refractivity contribution in [2.75, 3.05) is 24.4 Å². The zero-order chi connectivity index (χ0) is 24.2. The molecule has 1 saturated heterocycles. The highest BCUT2D eigenvalue weighted by molar-refractivity contribution is 6.31. The molecule has 4 rings (SSSR count). The van der Waals surface area contributed by atoms with Crippen molar-refractivity contribution in [2.24, 2.45) is 5.92 Å². The van der Waals surface area contributed by atoms with E-state index in [9.17, 15) is 9.59 Å². The molecule has 0 saturated carbocycles. The normalized spacial score (nSPS) is 17.9. The minimum atomic E-state index is -0.551. The molecule has 7 heteroatoms. The Hall–Kier alpha value is -3.51. The number of hydrogen-bond acceptors (Lipinski definition) is 4. The molecule has 3 aromatic rings. The molecule has 176 valence electrons. The van der Waals surface area contributed by atoms with Gasteiger partial charge in [0.1, 0.15) is 11.5 Å². The number of hydrogen-bond donors (Lipinski definition) is 1. The van der Waals surface area contributed by atoms with E-state index in [0.717, 1.165) is 16.8 Å². The Labute approximate surface area is 204 Å². The summed E-state index contributed by atoms with van der Waals surface area (Å²) in [5, 5.41) is 3.46. The van der Waals surface area contributed by atoms with Crippen molar-refractivity contribution in [3.05, 3.63) is 82.9 Å². The maximum Gasteiger partial charge on any atom is 0.230 e. The second-order valence-electron chi connectivity index (χ2n) is 8.27. The number of rotatable bonds is 6. The molecule has 0 aliphatic carbocycles. The summed E-state index contributed by atoms with van der Waals surface area (Å²) in [7, 11) is 3.13. The van der Waals surface area contributed by atoms with Gasteiger partial charge in [-0.15, -0.1) is 0 Å². The quantitative estimate of drug-likeness (QED) is 0.487. The molecule has 0 aromatic heterocycles. The lowest BCUT2D eigenvalue weighted by atomic mass is 9.82. The van der Waals surface area contributed by atoms with Crippen molar-refractivity contribution in [3.63, 3.8) is 0 Å². The summed E-state index contributed by atoms with van der Waals surface area (Å²) in [6, 6.07) is 19.8. The summed E-state index contributed by atoms with van der Waals surface area (Å²) in [6.07, 6.45) is 0.656. The third kappa shape index (κ3) is 4.73. The molecule has 1 aliphatic heterocycles. The van der Waals surface area contributed by atoms with Gasteiger partial charge in [0.15, 0.2) is 0 Å². The molecule has 2 atom stereocenters. The minimum absolute atomic E-state index is 0.0378. The molecular weight excluding hydrogens is 452 g/mol. The van der Waals surface area contributed by atoms with E-state index in [0.29, 0.717) is 28.6 Å². The van der Waals surface area contributed by atoms with E-state index in [1.165, 1.54) is 7.11 Å². The fourth-order valence-corrected chi connectivity index (χ4v) is 4.62. The number of ether oxygens (including phenoxy) is 2. The lowest BCUT2D eigenvalue weighted by Crippen LogP contribution is -2.47. The predicted molar refractivity (Wildman–Crippen MR) is 134 cm³/mol. The number of methoxy groups -OCH3 is 2. The van der Waals surface area contributed by atoms with Gasteiger partial charge in [0.05, 0.1) is 31.9 Å². The van der Waals surface area contributed by atoms with Crippen molar-refractivity contribution in [1.29, 1.82) is 0 Å². The second kappa shape index (κ2) is 10.2. The number of halogens is 1. The Morgan fingerprint density at radius 1 is 1.00 bits per heavy atom. The third-order valence-corrected chi connectivity index (χ3v) is 6.36. The molecule has 0 radical (unpaired) electrons. The van der Waals surface area contributed by atoms with Gasteiger partial charge in [-0.2, -0.15) is 0 Å². The highest BCUT2D eigenvalue weighted by atomic mass is 35.5. The zero-order valence-corrected chi connectivity index (χ0v) is 20.1. The van der Waals surface area contributed by atoms with Crippen LogP contribution >= 0.6 is 11.6 Å². The molecule has 34 heavy (non-hydrogen) atoms. The van der Waals surface area contributed by atoms with Crippen LogP contribution in [0.4, 0.5) is 11.4 Å². The highest BCUT2D eigenvalue weighted by Gasteiger charge is 2.42. The number of nitrogens with one attached hydrogen (secondary N) is 1. The van der Waals surface area contributed by atoms with E-state index < -0.39 is 12.0 Å². The van der Waals surface area contributed by atoms with Crippen molar-refractivity contribution in [2.45, 2.75) is 25.8 Å². The molecule has 3 aromatic carbocycles. The van der Waals surface area contributed by atoms with Crippen LogP contribution in [0.15, 0.2) is 66.7 Å². The third-order valence-electron chi connectivity index (χ3n) is 6.12. The Balaban J connectivity index is 1.79. The number of para-hydroxylation sites is 1. The summed E-state index contributed by atoms with van der Waals surface area (Å²) in [6.45, 7) is 1.99. The molecule has 2 unspecified atom stereocenters. The Morgan fingerprint density at radius 3 is 2.41 bits per heavy atom. The van der Waals surface area contributed by atoms with Crippen LogP contribution in [0.2, 0.25) is 5.02 Å². The van der Waals surface area contributed by atoms with Gasteiger partial charge in [-0.3, -0.25) is 9.59 Å². The van der Waals surface area contributed by atoms with Crippen LogP contribution in [0.5, 0.6) is 11.5 Å². The number of nitrogens with zero attached hydrogens (tertiary/aromatic N) is 1. The van der Waals surface area contributed by atoms with E-state index in [1.807, 2.05) is 55.5 Å². The lowest BCUT2D eigenvalue weighted by molar-refractivity contribution is -0.126. The number of carbonyl (C=O) groups is 2. The van der Waals surface area contributed by atoms with Crippen LogP contribution in [-0.2, 0) is 9.59 Å². The zero-order valence-electron chi connectivity index (χ0n) is 19.4. The second-order valence-corrected chi connectivity index (χ2v) is 8.70. The van der Waals surface area contributed by atoms with E-state index in [4.69, 9.17) is 21.1 Å². The van der Waals surface area contributed by atoms with Gasteiger partial charge in [0, 0.05) is 22.7 Å². The van der Waals surface area contributed by atoms with E-state index in [-0.39, 0.29) is 18.2 Å². The van der Waals surface area contributed by atoms with Crippen molar-refractivity contribution in [1.82, 2.24) is 0 Å². The van der Waals surface area contributed by atoms with Crippen LogP contribution in [0.3, 0.4) is 0 Å². The molecule has 6 nitrogen and oxygen atoms in total. The molecule has 0 bridgehead atoms. The molecular formula is C27H27ClN2O4. The summed E-state index contributed by atoms with van der Waals surface area (Å²) >= 11 is 6.17.